The lowest BCUT2D eigenvalue weighted by molar-refractivity contribution is -0.137. The third kappa shape index (κ3) is 5.91. The van der Waals surface area contributed by atoms with Crippen LogP contribution in [0.25, 0.3) is 0 Å². The summed E-state index contributed by atoms with van der Waals surface area (Å²) in [5.41, 5.74) is 0.771. The van der Waals surface area contributed by atoms with Gasteiger partial charge in [0.05, 0.1) is 17.9 Å². The van der Waals surface area contributed by atoms with E-state index >= 15 is 0 Å². The van der Waals surface area contributed by atoms with E-state index < -0.39 is 27.9 Å². The van der Waals surface area contributed by atoms with Gasteiger partial charge in [0, 0.05) is 25.3 Å². The molecule has 0 saturated carbocycles. The van der Waals surface area contributed by atoms with E-state index in [4.69, 9.17) is 9.84 Å². The average Bonchev–Trinajstić information content (AvgIpc) is 2.46. The largest absolute Gasteiger partial charge is 0.481 e. The standard InChI is InChI=1S/C15H22N2O6S/c1-10-4-5-12(24(21,22)16-6-7-23-3)9-13(10)15(20)17-11(2)8-14(18)19/h4-5,9,11,16H,6-8H2,1-3H3,(H,17,20)(H,18,19). The number of methoxy groups -OCH3 is 1. The maximum absolute atomic E-state index is 12.3. The van der Waals surface area contributed by atoms with Crippen molar-refractivity contribution in [3.8, 4) is 0 Å². The van der Waals surface area contributed by atoms with Gasteiger partial charge in [-0.15, -0.1) is 0 Å². The van der Waals surface area contributed by atoms with Crippen LogP contribution in [0.5, 0.6) is 0 Å². The molecule has 0 aliphatic heterocycles. The highest BCUT2D eigenvalue weighted by Crippen LogP contribution is 2.16. The van der Waals surface area contributed by atoms with Crippen LogP contribution in [0.1, 0.15) is 29.3 Å². The van der Waals surface area contributed by atoms with Gasteiger partial charge < -0.3 is 15.2 Å². The van der Waals surface area contributed by atoms with E-state index in [1.807, 2.05) is 0 Å². The average molecular weight is 358 g/mol. The molecule has 1 aromatic rings. The molecule has 0 aliphatic rings. The van der Waals surface area contributed by atoms with Crippen molar-refractivity contribution in [2.75, 3.05) is 20.3 Å². The number of carbonyl (C=O) groups excluding carboxylic acids is 1. The van der Waals surface area contributed by atoms with Crippen molar-refractivity contribution in [3.63, 3.8) is 0 Å². The van der Waals surface area contributed by atoms with E-state index in [0.29, 0.717) is 5.56 Å². The molecule has 0 saturated heterocycles. The minimum absolute atomic E-state index is 0.0414. The molecule has 0 aromatic heterocycles. The molecule has 3 N–H and O–H groups in total. The Bertz CT molecular complexity index is 702. The van der Waals surface area contributed by atoms with Crippen LogP contribution in [0, 0.1) is 6.92 Å². The van der Waals surface area contributed by atoms with Crippen molar-refractivity contribution in [3.05, 3.63) is 29.3 Å². The van der Waals surface area contributed by atoms with Crippen molar-refractivity contribution >= 4 is 21.9 Å². The molecule has 1 unspecified atom stereocenters. The first-order valence-electron chi connectivity index (χ1n) is 7.29. The van der Waals surface area contributed by atoms with Gasteiger partial charge in [-0.3, -0.25) is 9.59 Å². The second kappa shape index (κ2) is 8.76. The molecule has 0 radical (unpaired) electrons. The van der Waals surface area contributed by atoms with E-state index in [-0.39, 0.29) is 30.0 Å². The number of nitrogens with one attached hydrogen (secondary N) is 2. The molecule has 1 aromatic carbocycles. The summed E-state index contributed by atoms with van der Waals surface area (Å²) in [5, 5.41) is 11.3. The summed E-state index contributed by atoms with van der Waals surface area (Å²) in [6, 6.07) is 3.63. The number of aryl methyl sites for hydroxylation is 1. The first kappa shape index (κ1) is 20.1. The number of carbonyl (C=O) groups is 2. The van der Waals surface area contributed by atoms with Crippen molar-refractivity contribution in [1.29, 1.82) is 0 Å². The number of hydrogen-bond donors (Lipinski definition) is 3. The Labute approximate surface area is 141 Å². The van der Waals surface area contributed by atoms with E-state index in [0.717, 1.165) is 0 Å². The minimum atomic E-state index is -3.76. The van der Waals surface area contributed by atoms with Gasteiger partial charge >= 0.3 is 5.97 Å². The summed E-state index contributed by atoms with van der Waals surface area (Å²) >= 11 is 0. The van der Waals surface area contributed by atoms with Crippen molar-refractivity contribution in [2.24, 2.45) is 0 Å². The van der Waals surface area contributed by atoms with Crippen molar-refractivity contribution in [2.45, 2.75) is 31.2 Å². The molecule has 1 amide bonds. The number of benzene rings is 1. The fourth-order valence-electron chi connectivity index (χ4n) is 1.99. The van der Waals surface area contributed by atoms with Crippen molar-refractivity contribution < 1.29 is 27.9 Å². The lowest BCUT2D eigenvalue weighted by Crippen LogP contribution is -2.34. The zero-order valence-electron chi connectivity index (χ0n) is 13.8. The van der Waals surface area contributed by atoms with Gasteiger partial charge in [-0.25, -0.2) is 13.1 Å². The maximum atomic E-state index is 12.3. The van der Waals surface area contributed by atoms with E-state index in [1.54, 1.807) is 13.8 Å². The zero-order valence-corrected chi connectivity index (χ0v) is 14.6. The highest BCUT2D eigenvalue weighted by atomic mass is 32.2. The molecule has 24 heavy (non-hydrogen) atoms. The van der Waals surface area contributed by atoms with E-state index in [9.17, 15) is 18.0 Å². The normalized spacial score (nSPS) is 12.6. The molecule has 0 bridgehead atoms. The van der Waals surface area contributed by atoms with Crippen LogP contribution < -0.4 is 10.0 Å². The molecule has 0 aliphatic carbocycles. The zero-order chi connectivity index (χ0) is 18.3. The van der Waals surface area contributed by atoms with Gasteiger partial charge in [-0.1, -0.05) is 6.07 Å². The van der Waals surface area contributed by atoms with Crippen LogP contribution in [0.3, 0.4) is 0 Å². The number of ether oxygens (including phenoxy) is 1. The van der Waals surface area contributed by atoms with Crippen LogP contribution in [-0.2, 0) is 19.6 Å². The molecular formula is C15H22N2O6S. The van der Waals surface area contributed by atoms with Crippen LogP contribution in [-0.4, -0.2) is 51.7 Å². The number of sulfonamides is 1. The highest BCUT2D eigenvalue weighted by molar-refractivity contribution is 7.89. The summed E-state index contributed by atoms with van der Waals surface area (Å²) in [6.07, 6.45) is -0.221. The second-order valence-electron chi connectivity index (χ2n) is 5.34. The molecule has 8 nitrogen and oxygen atoms in total. The topological polar surface area (TPSA) is 122 Å². The molecule has 134 valence electrons. The van der Waals surface area contributed by atoms with Crippen LogP contribution in [0.2, 0.25) is 0 Å². The molecule has 0 fully saturated rings. The third-order valence-corrected chi connectivity index (χ3v) is 4.68. The molecule has 1 atom stereocenters. The second-order valence-corrected chi connectivity index (χ2v) is 7.11. The summed E-state index contributed by atoms with van der Waals surface area (Å²) in [5.74, 6) is -1.55. The fraction of sp³-hybridized carbons (Fsp3) is 0.467. The minimum Gasteiger partial charge on any atom is -0.481 e. The number of carboxylic acids is 1. The summed E-state index contributed by atoms with van der Waals surface area (Å²) < 4.78 is 31.5. The summed E-state index contributed by atoms with van der Waals surface area (Å²) in [4.78, 5) is 22.9. The number of hydrogen-bond acceptors (Lipinski definition) is 5. The van der Waals surface area contributed by atoms with Gasteiger partial charge in [0.1, 0.15) is 0 Å². The molecule has 0 heterocycles. The Morgan fingerprint density at radius 2 is 2.00 bits per heavy atom. The maximum Gasteiger partial charge on any atom is 0.305 e. The Morgan fingerprint density at radius 3 is 2.58 bits per heavy atom. The van der Waals surface area contributed by atoms with E-state index in [2.05, 4.69) is 10.0 Å². The number of carboxylic acid groups (broad SMARTS) is 1. The van der Waals surface area contributed by atoms with Gasteiger partial charge in [0.25, 0.3) is 5.91 Å². The quantitative estimate of drug-likeness (QED) is 0.553. The van der Waals surface area contributed by atoms with Gasteiger partial charge in [-0.05, 0) is 31.5 Å². The fourth-order valence-corrected chi connectivity index (χ4v) is 3.03. The monoisotopic (exact) mass is 358 g/mol. The summed E-state index contributed by atoms with van der Waals surface area (Å²) in [6.45, 7) is 3.58. The summed E-state index contributed by atoms with van der Waals surface area (Å²) in [7, 11) is -2.30. The Kier molecular flexibility index (Phi) is 7.33. The Hall–Kier alpha value is -1.97. The lowest BCUT2D eigenvalue weighted by Gasteiger charge is -2.14. The van der Waals surface area contributed by atoms with Gasteiger partial charge in [0.2, 0.25) is 10.0 Å². The van der Waals surface area contributed by atoms with Gasteiger partial charge in [0.15, 0.2) is 0 Å². The lowest BCUT2D eigenvalue weighted by atomic mass is 10.1. The molecule has 1 rings (SSSR count). The molecular weight excluding hydrogens is 336 g/mol. The number of aliphatic carboxylic acids is 1. The highest BCUT2D eigenvalue weighted by Gasteiger charge is 2.19. The van der Waals surface area contributed by atoms with E-state index in [1.165, 1.54) is 25.3 Å². The smallest absolute Gasteiger partial charge is 0.305 e. The van der Waals surface area contributed by atoms with Crippen LogP contribution in [0.4, 0.5) is 0 Å². The van der Waals surface area contributed by atoms with Crippen molar-refractivity contribution in [1.82, 2.24) is 10.0 Å². The number of rotatable bonds is 9. The predicted octanol–water partition coefficient (Wildman–Crippen LogP) is 0.513. The third-order valence-electron chi connectivity index (χ3n) is 3.22. The molecule has 0 spiro atoms. The first-order valence-corrected chi connectivity index (χ1v) is 8.77. The predicted molar refractivity (Wildman–Crippen MR) is 87.4 cm³/mol. The number of amides is 1. The molecule has 9 heteroatoms. The van der Waals surface area contributed by atoms with Crippen LogP contribution in [0.15, 0.2) is 23.1 Å². The Balaban J connectivity index is 2.97. The van der Waals surface area contributed by atoms with Gasteiger partial charge in [-0.2, -0.15) is 0 Å². The SMILES string of the molecule is COCCNS(=O)(=O)c1ccc(C)c(C(=O)NC(C)CC(=O)O)c1. The van der Waals surface area contributed by atoms with Crippen LogP contribution >= 0.6 is 0 Å². The first-order chi connectivity index (χ1) is 11.2. The Morgan fingerprint density at radius 1 is 1.33 bits per heavy atom.